The lowest BCUT2D eigenvalue weighted by Gasteiger charge is -2.24. The van der Waals surface area contributed by atoms with E-state index in [4.69, 9.17) is 0 Å². The molecular formula is C19H25N3O3S2. The quantitative estimate of drug-likeness (QED) is 0.799. The highest BCUT2D eigenvalue weighted by atomic mass is 32.2. The summed E-state index contributed by atoms with van der Waals surface area (Å²) in [6.07, 6.45) is 1.99. The second-order valence-electron chi connectivity index (χ2n) is 6.88. The van der Waals surface area contributed by atoms with Crippen LogP contribution in [0, 0.1) is 6.92 Å². The number of hydrogen-bond acceptors (Lipinski definition) is 5. The minimum atomic E-state index is -3.52. The number of likely N-dealkylation sites (tertiary alicyclic amines) is 1. The van der Waals surface area contributed by atoms with E-state index < -0.39 is 10.0 Å². The number of aryl methyl sites for hydroxylation is 1. The lowest BCUT2D eigenvalue weighted by atomic mass is 10.2. The maximum atomic E-state index is 12.7. The van der Waals surface area contributed by atoms with Gasteiger partial charge in [-0.2, -0.15) is 0 Å². The van der Waals surface area contributed by atoms with Gasteiger partial charge in [-0.25, -0.2) is 12.7 Å². The molecule has 1 atom stereocenters. The molecule has 146 valence electrons. The van der Waals surface area contributed by atoms with E-state index in [9.17, 15) is 13.2 Å². The van der Waals surface area contributed by atoms with Crippen molar-refractivity contribution >= 4 is 33.0 Å². The highest BCUT2D eigenvalue weighted by Gasteiger charge is 2.30. The number of nitrogens with one attached hydrogen (secondary N) is 1. The Balaban J connectivity index is 1.71. The van der Waals surface area contributed by atoms with Crippen molar-refractivity contribution in [3.05, 3.63) is 46.2 Å². The Bertz CT molecular complexity index is 908. The Kier molecular flexibility index (Phi) is 5.88. The van der Waals surface area contributed by atoms with Gasteiger partial charge in [-0.05, 0) is 48.9 Å². The van der Waals surface area contributed by atoms with Gasteiger partial charge < -0.3 is 10.2 Å². The van der Waals surface area contributed by atoms with Crippen molar-refractivity contribution in [2.45, 2.75) is 30.7 Å². The van der Waals surface area contributed by atoms with Crippen molar-refractivity contribution in [2.24, 2.45) is 0 Å². The molecule has 1 N–H and O–H groups in total. The first-order valence-corrected chi connectivity index (χ1v) is 11.2. The first-order chi connectivity index (χ1) is 12.8. The summed E-state index contributed by atoms with van der Waals surface area (Å²) >= 11 is 1.68. The van der Waals surface area contributed by atoms with Crippen LogP contribution < -0.4 is 5.32 Å². The van der Waals surface area contributed by atoms with Gasteiger partial charge in [0.2, 0.25) is 15.9 Å². The SMILES string of the molecule is Cc1ccc(NCC(=O)N2CCCC2c2cccs2)cc1S(=O)(=O)N(C)C. The third-order valence-corrected chi connectivity index (χ3v) is 7.77. The monoisotopic (exact) mass is 407 g/mol. The maximum Gasteiger partial charge on any atom is 0.242 e. The summed E-state index contributed by atoms with van der Waals surface area (Å²) in [6, 6.07) is 9.40. The van der Waals surface area contributed by atoms with Crippen LogP contribution in [-0.2, 0) is 14.8 Å². The highest BCUT2D eigenvalue weighted by Crippen LogP contribution is 2.34. The van der Waals surface area contributed by atoms with Crippen LogP contribution in [0.3, 0.4) is 0 Å². The highest BCUT2D eigenvalue weighted by molar-refractivity contribution is 7.89. The van der Waals surface area contributed by atoms with Crippen LogP contribution in [0.15, 0.2) is 40.6 Å². The summed E-state index contributed by atoms with van der Waals surface area (Å²) in [7, 11) is -0.502. The predicted molar refractivity (Wildman–Crippen MR) is 109 cm³/mol. The third-order valence-electron chi connectivity index (χ3n) is 4.84. The molecule has 2 aromatic rings. The van der Waals surface area contributed by atoms with Crippen molar-refractivity contribution in [1.82, 2.24) is 9.21 Å². The molecule has 1 aliphatic heterocycles. The van der Waals surface area contributed by atoms with Crippen LogP contribution in [0.5, 0.6) is 0 Å². The van der Waals surface area contributed by atoms with Crippen LogP contribution in [0.2, 0.25) is 0 Å². The molecule has 0 radical (unpaired) electrons. The van der Waals surface area contributed by atoms with E-state index in [-0.39, 0.29) is 23.4 Å². The first kappa shape index (κ1) is 19.9. The summed E-state index contributed by atoms with van der Waals surface area (Å²) in [5.74, 6) is 0.0310. The second-order valence-corrected chi connectivity index (χ2v) is 9.98. The molecule has 0 aliphatic carbocycles. The molecule has 1 saturated heterocycles. The van der Waals surface area contributed by atoms with E-state index in [1.54, 1.807) is 36.5 Å². The summed E-state index contributed by atoms with van der Waals surface area (Å²) in [5, 5.41) is 5.13. The number of thiophene rings is 1. The summed E-state index contributed by atoms with van der Waals surface area (Å²) in [4.78, 5) is 16.1. The molecule has 2 heterocycles. The smallest absolute Gasteiger partial charge is 0.242 e. The predicted octanol–water partition coefficient (Wildman–Crippen LogP) is 3.08. The van der Waals surface area contributed by atoms with Gasteiger partial charge in [-0.1, -0.05) is 12.1 Å². The normalized spacial score (nSPS) is 17.5. The van der Waals surface area contributed by atoms with Gasteiger partial charge >= 0.3 is 0 Å². The fourth-order valence-electron chi connectivity index (χ4n) is 3.31. The van der Waals surface area contributed by atoms with Gasteiger partial charge in [0, 0.05) is 31.2 Å². The standard InChI is InChI=1S/C19H25N3O3S2/c1-14-8-9-15(12-18(14)27(24,25)21(2)3)20-13-19(23)22-10-4-6-16(22)17-7-5-11-26-17/h5,7-9,11-12,16,20H,4,6,10,13H2,1-3H3. The number of anilines is 1. The number of carbonyl (C=O) groups excluding carboxylic acids is 1. The number of rotatable bonds is 6. The zero-order valence-corrected chi connectivity index (χ0v) is 17.4. The zero-order chi connectivity index (χ0) is 19.6. The lowest BCUT2D eigenvalue weighted by molar-refractivity contribution is -0.130. The molecule has 1 aliphatic rings. The van der Waals surface area contributed by atoms with E-state index in [0.29, 0.717) is 11.3 Å². The van der Waals surface area contributed by atoms with Crippen LogP contribution in [0.1, 0.15) is 29.3 Å². The molecule has 1 unspecified atom stereocenters. The van der Waals surface area contributed by atoms with Crippen LogP contribution >= 0.6 is 11.3 Å². The zero-order valence-electron chi connectivity index (χ0n) is 15.8. The maximum absolute atomic E-state index is 12.7. The Morgan fingerprint density at radius 3 is 2.78 bits per heavy atom. The first-order valence-electron chi connectivity index (χ1n) is 8.90. The fourth-order valence-corrected chi connectivity index (χ4v) is 5.32. The number of carbonyl (C=O) groups is 1. The number of benzene rings is 1. The van der Waals surface area contributed by atoms with Gasteiger partial charge in [0.15, 0.2) is 0 Å². The van der Waals surface area contributed by atoms with Crippen LogP contribution in [0.4, 0.5) is 5.69 Å². The van der Waals surface area contributed by atoms with Crippen molar-refractivity contribution in [2.75, 3.05) is 32.5 Å². The minimum absolute atomic E-state index is 0.0310. The average Bonchev–Trinajstić information content (AvgIpc) is 3.31. The molecule has 1 aromatic carbocycles. The Labute approximate surface area is 164 Å². The van der Waals surface area contributed by atoms with Gasteiger partial charge in [0.25, 0.3) is 0 Å². The number of nitrogens with zero attached hydrogens (tertiary/aromatic N) is 2. The Morgan fingerprint density at radius 1 is 1.33 bits per heavy atom. The molecule has 0 bridgehead atoms. The molecular weight excluding hydrogens is 382 g/mol. The molecule has 27 heavy (non-hydrogen) atoms. The molecule has 1 fully saturated rings. The van der Waals surface area contributed by atoms with Crippen molar-refractivity contribution in [3.63, 3.8) is 0 Å². The Morgan fingerprint density at radius 2 is 2.11 bits per heavy atom. The molecule has 1 amide bonds. The summed E-state index contributed by atoms with van der Waals surface area (Å²) in [5.41, 5.74) is 1.30. The Hall–Kier alpha value is -1.90. The molecule has 0 saturated carbocycles. The summed E-state index contributed by atoms with van der Waals surface area (Å²) in [6.45, 7) is 2.67. The van der Waals surface area contributed by atoms with Gasteiger partial charge in [-0.15, -0.1) is 11.3 Å². The number of sulfonamides is 1. The van der Waals surface area contributed by atoms with Gasteiger partial charge in [0.05, 0.1) is 17.5 Å². The third kappa shape index (κ3) is 4.17. The second kappa shape index (κ2) is 8.00. The fraction of sp³-hybridized carbons (Fsp3) is 0.421. The number of amides is 1. The van der Waals surface area contributed by atoms with Crippen molar-refractivity contribution < 1.29 is 13.2 Å². The van der Waals surface area contributed by atoms with E-state index in [0.717, 1.165) is 19.4 Å². The van der Waals surface area contributed by atoms with Crippen LogP contribution in [-0.4, -0.2) is 50.7 Å². The van der Waals surface area contributed by atoms with Crippen molar-refractivity contribution in [3.8, 4) is 0 Å². The van der Waals surface area contributed by atoms with E-state index >= 15 is 0 Å². The summed E-state index contributed by atoms with van der Waals surface area (Å²) < 4.78 is 26.1. The lowest BCUT2D eigenvalue weighted by Crippen LogP contribution is -2.34. The molecule has 1 aromatic heterocycles. The van der Waals surface area contributed by atoms with Gasteiger partial charge in [-0.3, -0.25) is 4.79 Å². The average molecular weight is 408 g/mol. The minimum Gasteiger partial charge on any atom is -0.376 e. The number of hydrogen-bond donors (Lipinski definition) is 1. The molecule has 0 spiro atoms. The topological polar surface area (TPSA) is 69.7 Å². The molecule has 8 heteroatoms. The van der Waals surface area contributed by atoms with E-state index in [2.05, 4.69) is 11.4 Å². The van der Waals surface area contributed by atoms with E-state index in [1.807, 2.05) is 16.3 Å². The molecule has 3 rings (SSSR count). The van der Waals surface area contributed by atoms with Crippen LogP contribution in [0.25, 0.3) is 0 Å². The largest absolute Gasteiger partial charge is 0.376 e. The van der Waals surface area contributed by atoms with E-state index in [1.165, 1.54) is 23.3 Å². The van der Waals surface area contributed by atoms with Gasteiger partial charge in [0.1, 0.15) is 0 Å². The molecule has 6 nitrogen and oxygen atoms in total. The van der Waals surface area contributed by atoms with Crippen molar-refractivity contribution in [1.29, 1.82) is 0 Å².